The first-order valence-electron chi connectivity index (χ1n) is 5.16. The highest BCUT2D eigenvalue weighted by Crippen LogP contribution is 2.34. The molecule has 2 aromatic rings. The first kappa shape index (κ1) is 15.0. The van der Waals surface area contributed by atoms with Gasteiger partial charge in [0.05, 0.1) is 10.3 Å². The number of rotatable bonds is 3. The van der Waals surface area contributed by atoms with Crippen molar-refractivity contribution in [1.29, 1.82) is 0 Å². The van der Waals surface area contributed by atoms with Crippen molar-refractivity contribution in [2.45, 2.75) is 5.51 Å². The Balaban J connectivity index is 2.63. The second-order valence-electron chi connectivity index (χ2n) is 3.72. The Labute approximate surface area is 115 Å². The summed E-state index contributed by atoms with van der Waals surface area (Å²) in [4.78, 5) is 13.7. The number of halogens is 3. The summed E-state index contributed by atoms with van der Waals surface area (Å²) in [6.07, 6.45) is 1.14. The van der Waals surface area contributed by atoms with Crippen molar-refractivity contribution < 1.29 is 30.7 Å². The van der Waals surface area contributed by atoms with Crippen LogP contribution in [0.25, 0.3) is 10.9 Å². The van der Waals surface area contributed by atoms with E-state index >= 15 is 0 Å². The molecule has 0 saturated heterocycles. The number of benzene rings is 1. The maximum absolute atomic E-state index is 12.3. The van der Waals surface area contributed by atoms with Gasteiger partial charge in [-0.2, -0.15) is 21.6 Å². The average molecular weight is 322 g/mol. The number of alkyl halides is 3. The maximum atomic E-state index is 12.3. The van der Waals surface area contributed by atoms with E-state index in [1.54, 1.807) is 0 Å². The van der Waals surface area contributed by atoms with Crippen molar-refractivity contribution in [3.05, 3.63) is 40.6 Å². The van der Waals surface area contributed by atoms with Gasteiger partial charge < -0.3 is 4.18 Å². The SMILES string of the molecule is O=[N+]([O-])c1ccc(OS(=O)(=O)C(F)(F)F)c2ncccc12. The molecule has 1 aromatic carbocycles. The summed E-state index contributed by atoms with van der Waals surface area (Å²) in [6.45, 7) is 0. The molecule has 0 atom stereocenters. The van der Waals surface area contributed by atoms with Crippen LogP contribution in [0, 0.1) is 10.1 Å². The number of nitro groups is 1. The van der Waals surface area contributed by atoms with E-state index in [1.807, 2.05) is 0 Å². The van der Waals surface area contributed by atoms with Gasteiger partial charge in [-0.15, -0.1) is 0 Å². The molecule has 1 aromatic heterocycles. The topological polar surface area (TPSA) is 99.4 Å². The zero-order valence-electron chi connectivity index (χ0n) is 9.86. The zero-order valence-corrected chi connectivity index (χ0v) is 10.7. The van der Waals surface area contributed by atoms with Gasteiger partial charge in [-0.25, -0.2) is 0 Å². The van der Waals surface area contributed by atoms with Gasteiger partial charge in [0.15, 0.2) is 5.75 Å². The van der Waals surface area contributed by atoms with E-state index in [4.69, 9.17) is 0 Å². The Morgan fingerprint density at radius 3 is 2.48 bits per heavy atom. The molecule has 0 radical (unpaired) electrons. The predicted molar refractivity (Wildman–Crippen MR) is 64.0 cm³/mol. The predicted octanol–water partition coefficient (Wildman–Crippen LogP) is 2.37. The fourth-order valence-electron chi connectivity index (χ4n) is 1.52. The van der Waals surface area contributed by atoms with Gasteiger partial charge in [0.2, 0.25) is 0 Å². The lowest BCUT2D eigenvalue weighted by atomic mass is 10.2. The zero-order chi connectivity index (χ0) is 15.8. The van der Waals surface area contributed by atoms with Crippen molar-refractivity contribution in [1.82, 2.24) is 4.98 Å². The molecule has 112 valence electrons. The Morgan fingerprint density at radius 2 is 1.90 bits per heavy atom. The van der Waals surface area contributed by atoms with Crippen LogP contribution in [0.2, 0.25) is 0 Å². The van der Waals surface area contributed by atoms with E-state index < -0.39 is 32.0 Å². The number of fused-ring (bicyclic) bond motifs is 1. The molecule has 0 aliphatic heterocycles. The Morgan fingerprint density at radius 1 is 1.24 bits per heavy atom. The van der Waals surface area contributed by atoms with Crippen LogP contribution in [-0.4, -0.2) is 23.8 Å². The van der Waals surface area contributed by atoms with Crippen molar-refractivity contribution in [3.63, 3.8) is 0 Å². The molecule has 0 amide bonds. The minimum atomic E-state index is -5.89. The summed E-state index contributed by atoms with van der Waals surface area (Å²) < 4.78 is 62.8. The monoisotopic (exact) mass is 322 g/mol. The normalized spacial score (nSPS) is 12.3. The number of nitro benzene ring substituents is 1. The van der Waals surface area contributed by atoms with Crippen molar-refractivity contribution >= 4 is 26.7 Å². The van der Waals surface area contributed by atoms with E-state index in [0.29, 0.717) is 0 Å². The van der Waals surface area contributed by atoms with Crippen LogP contribution in [0.4, 0.5) is 18.9 Å². The van der Waals surface area contributed by atoms with E-state index in [9.17, 15) is 31.7 Å². The van der Waals surface area contributed by atoms with Crippen molar-refractivity contribution in [3.8, 4) is 5.75 Å². The molecule has 1 heterocycles. The number of nitrogens with zero attached hydrogens (tertiary/aromatic N) is 2. The van der Waals surface area contributed by atoms with Gasteiger partial charge in [-0.05, 0) is 18.2 Å². The second-order valence-corrected chi connectivity index (χ2v) is 5.26. The van der Waals surface area contributed by atoms with E-state index in [2.05, 4.69) is 9.17 Å². The summed E-state index contributed by atoms with van der Waals surface area (Å²) >= 11 is 0. The van der Waals surface area contributed by atoms with Gasteiger partial charge in [-0.3, -0.25) is 15.1 Å². The third-order valence-corrected chi connectivity index (χ3v) is 3.36. The molecule has 11 heteroatoms. The molecule has 2 rings (SSSR count). The molecule has 0 saturated carbocycles. The molecule has 0 fully saturated rings. The first-order valence-corrected chi connectivity index (χ1v) is 6.57. The Kier molecular flexibility index (Phi) is 3.45. The van der Waals surface area contributed by atoms with Crippen molar-refractivity contribution in [2.75, 3.05) is 0 Å². The van der Waals surface area contributed by atoms with Crippen LogP contribution >= 0.6 is 0 Å². The first-order chi connectivity index (χ1) is 9.63. The Bertz CT molecular complexity index is 819. The third-order valence-electron chi connectivity index (χ3n) is 2.39. The fraction of sp³-hybridized carbons (Fsp3) is 0.100. The number of hydrogen-bond acceptors (Lipinski definition) is 6. The number of pyridine rings is 1. The van der Waals surface area contributed by atoms with Crippen LogP contribution in [-0.2, 0) is 10.1 Å². The van der Waals surface area contributed by atoms with Crippen LogP contribution < -0.4 is 4.18 Å². The van der Waals surface area contributed by atoms with Crippen LogP contribution in [0.5, 0.6) is 5.75 Å². The molecular formula is C10H5F3N2O5S. The maximum Gasteiger partial charge on any atom is 0.534 e. The van der Waals surface area contributed by atoms with Crippen molar-refractivity contribution in [2.24, 2.45) is 0 Å². The summed E-state index contributed by atoms with van der Waals surface area (Å²) in [7, 11) is -5.89. The lowest BCUT2D eigenvalue weighted by Gasteiger charge is -2.10. The molecule has 0 unspecified atom stereocenters. The minimum Gasteiger partial charge on any atom is -0.374 e. The van der Waals surface area contributed by atoms with Gasteiger partial charge in [0.25, 0.3) is 5.69 Å². The smallest absolute Gasteiger partial charge is 0.374 e. The highest BCUT2D eigenvalue weighted by atomic mass is 32.2. The molecule has 0 aliphatic carbocycles. The van der Waals surface area contributed by atoms with Crippen LogP contribution in [0.15, 0.2) is 30.5 Å². The van der Waals surface area contributed by atoms with Crippen LogP contribution in [0.1, 0.15) is 0 Å². The molecule has 0 N–H and O–H groups in total. The lowest BCUT2D eigenvalue weighted by Crippen LogP contribution is -2.28. The van der Waals surface area contributed by atoms with Gasteiger partial charge in [0, 0.05) is 12.3 Å². The second kappa shape index (κ2) is 4.84. The molecule has 7 nitrogen and oxygen atoms in total. The molecule has 0 bridgehead atoms. The number of aromatic nitrogens is 1. The molecule has 0 spiro atoms. The molecular weight excluding hydrogens is 317 g/mol. The quantitative estimate of drug-likeness (QED) is 0.372. The van der Waals surface area contributed by atoms with Gasteiger partial charge >= 0.3 is 15.6 Å². The third kappa shape index (κ3) is 2.72. The van der Waals surface area contributed by atoms with E-state index in [1.165, 1.54) is 12.1 Å². The standard InChI is InChI=1S/C10H5F3N2O5S/c11-10(12,13)21(18,19)20-8-4-3-7(15(16)17)6-2-1-5-14-9(6)8/h1-5H. The van der Waals surface area contributed by atoms with E-state index in [0.717, 1.165) is 18.3 Å². The minimum absolute atomic E-state index is 0.141. The van der Waals surface area contributed by atoms with Gasteiger partial charge in [-0.1, -0.05) is 0 Å². The fourth-order valence-corrected chi connectivity index (χ4v) is 1.99. The van der Waals surface area contributed by atoms with Gasteiger partial charge in [0.1, 0.15) is 5.52 Å². The number of hydrogen-bond donors (Lipinski definition) is 0. The highest BCUT2D eigenvalue weighted by molar-refractivity contribution is 7.88. The number of non-ortho nitro benzene ring substituents is 1. The molecule has 21 heavy (non-hydrogen) atoms. The largest absolute Gasteiger partial charge is 0.534 e. The lowest BCUT2D eigenvalue weighted by molar-refractivity contribution is -0.383. The Hall–Kier alpha value is -2.43. The summed E-state index contributed by atoms with van der Waals surface area (Å²) in [5.41, 5.74) is -6.41. The van der Waals surface area contributed by atoms with E-state index in [-0.39, 0.29) is 10.9 Å². The van der Waals surface area contributed by atoms with Crippen LogP contribution in [0.3, 0.4) is 0 Å². The average Bonchev–Trinajstić information content (AvgIpc) is 2.37. The summed E-state index contributed by atoms with van der Waals surface area (Å²) in [5.74, 6) is -0.742. The summed E-state index contributed by atoms with van der Waals surface area (Å²) in [5, 5.41) is 10.7. The highest BCUT2D eigenvalue weighted by Gasteiger charge is 2.48. The molecule has 0 aliphatic rings. The summed E-state index contributed by atoms with van der Waals surface area (Å²) in [6, 6.07) is 4.12.